The first kappa shape index (κ1) is 14.8. The van der Waals surface area contributed by atoms with E-state index in [4.69, 9.17) is 0 Å². The number of hydrogen-bond acceptors (Lipinski definition) is 4. The number of thioether (sulfide) groups is 1. The van der Waals surface area contributed by atoms with Crippen molar-refractivity contribution in [2.24, 2.45) is 5.41 Å². The van der Waals surface area contributed by atoms with Gasteiger partial charge in [0.25, 0.3) is 0 Å². The van der Waals surface area contributed by atoms with Gasteiger partial charge in [-0.15, -0.1) is 11.8 Å². The summed E-state index contributed by atoms with van der Waals surface area (Å²) in [4.78, 5) is 23.2. The van der Waals surface area contributed by atoms with Crippen molar-refractivity contribution in [3.05, 3.63) is 33.9 Å². The molecule has 0 aromatic rings. The van der Waals surface area contributed by atoms with Crippen LogP contribution < -0.4 is 0 Å². The Morgan fingerprint density at radius 1 is 1.38 bits per heavy atom. The van der Waals surface area contributed by atoms with Crippen LogP contribution in [-0.2, 0) is 9.59 Å². The lowest BCUT2D eigenvalue weighted by atomic mass is 9.67. The van der Waals surface area contributed by atoms with Crippen molar-refractivity contribution in [3.8, 4) is 0 Å². The fourth-order valence-electron chi connectivity index (χ4n) is 3.81. The summed E-state index contributed by atoms with van der Waals surface area (Å²) in [6, 6.07) is 0. The van der Waals surface area contributed by atoms with Crippen molar-refractivity contribution in [1.29, 1.82) is 0 Å². The van der Waals surface area contributed by atoms with E-state index in [2.05, 4.69) is 6.92 Å². The van der Waals surface area contributed by atoms with Crippen LogP contribution in [0.4, 0.5) is 0 Å². The molecule has 0 amide bonds. The van der Waals surface area contributed by atoms with Crippen LogP contribution in [-0.4, -0.2) is 34.3 Å². The molecule has 1 atom stereocenters. The molecule has 1 N–H and O–H groups in total. The van der Waals surface area contributed by atoms with Gasteiger partial charge in [0.1, 0.15) is 11.9 Å². The number of carbonyl (C=O) groups is 2. The molecule has 21 heavy (non-hydrogen) atoms. The van der Waals surface area contributed by atoms with Gasteiger partial charge < -0.3 is 9.90 Å². The molecule has 0 aromatic heterocycles. The van der Waals surface area contributed by atoms with Crippen LogP contribution in [0.2, 0.25) is 0 Å². The Morgan fingerprint density at radius 2 is 2.05 bits per heavy atom. The third kappa shape index (κ3) is 1.85. The summed E-state index contributed by atoms with van der Waals surface area (Å²) < 4.78 is 0. The summed E-state index contributed by atoms with van der Waals surface area (Å²) in [7, 11) is 0. The number of ketones is 1. The minimum absolute atomic E-state index is 0.143. The molecule has 1 spiro atoms. The Morgan fingerprint density at radius 3 is 2.62 bits per heavy atom. The molecule has 112 valence electrons. The van der Waals surface area contributed by atoms with Crippen molar-refractivity contribution < 1.29 is 14.7 Å². The van der Waals surface area contributed by atoms with Crippen molar-refractivity contribution in [3.63, 3.8) is 0 Å². The molecule has 0 aromatic carbocycles. The SMILES string of the molecule is CC1=C(CSCC=O)C2=C(C)C3(CC3)[C@@](C)(O)C(=O)C2=C1. The molecule has 4 heteroatoms. The van der Waals surface area contributed by atoms with Gasteiger partial charge in [-0.1, -0.05) is 5.57 Å². The molecule has 3 aliphatic carbocycles. The predicted molar refractivity (Wildman–Crippen MR) is 84.2 cm³/mol. The average molecular weight is 304 g/mol. The molecule has 0 heterocycles. The van der Waals surface area contributed by atoms with Gasteiger partial charge in [-0.25, -0.2) is 0 Å². The topological polar surface area (TPSA) is 54.4 Å². The highest BCUT2D eigenvalue weighted by Crippen LogP contribution is 2.65. The van der Waals surface area contributed by atoms with E-state index >= 15 is 0 Å². The van der Waals surface area contributed by atoms with Gasteiger partial charge in [0, 0.05) is 22.5 Å². The number of rotatable bonds is 4. The zero-order valence-corrected chi connectivity index (χ0v) is 13.5. The Balaban J connectivity index is 2.05. The van der Waals surface area contributed by atoms with E-state index in [0.29, 0.717) is 11.3 Å². The quantitative estimate of drug-likeness (QED) is 0.641. The van der Waals surface area contributed by atoms with E-state index in [-0.39, 0.29) is 11.2 Å². The van der Waals surface area contributed by atoms with Crippen LogP contribution in [0.5, 0.6) is 0 Å². The summed E-state index contributed by atoms with van der Waals surface area (Å²) in [5, 5.41) is 10.7. The molecule has 0 aliphatic heterocycles. The fourth-order valence-corrected chi connectivity index (χ4v) is 4.60. The zero-order valence-electron chi connectivity index (χ0n) is 12.7. The maximum atomic E-state index is 12.7. The fraction of sp³-hybridized carbons (Fsp3) is 0.529. The Hall–Kier alpha value is -1.13. The third-order valence-corrected chi connectivity index (χ3v) is 6.17. The second-order valence-electron chi connectivity index (χ2n) is 6.38. The molecule has 0 saturated heterocycles. The van der Waals surface area contributed by atoms with E-state index in [1.807, 2.05) is 13.0 Å². The minimum atomic E-state index is -1.28. The number of aldehydes is 1. The average Bonchev–Trinajstić information content (AvgIpc) is 3.18. The van der Waals surface area contributed by atoms with Crippen molar-refractivity contribution >= 4 is 23.8 Å². The first-order valence-electron chi connectivity index (χ1n) is 7.29. The van der Waals surface area contributed by atoms with E-state index in [1.165, 1.54) is 0 Å². The highest BCUT2D eigenvalue weighted by atomic mass is 32.2. The van der Waals surface area contributed by atoms with Gasteiger partial charge in [-0.05, 0) is 56.4 Å². The van der Waals surface area contributed by atoms with Crippen molar-refractivity contribution in [2.45, 2.75) is 39.2 Å². The Labute approximate surface area is 129 Å². The summed E-state index contributed by atoms with van der Waals surface area (Å²) in [5.74, 6) is 1.06. The summed E-state index contributed by atoms with van der Waals surface area (Å²) in [5.41, 5.74) is 3.45. The highest BCUT2D eigenvalue weighted by Gasteiger charge is 2.64. The van der Waals surface area contributed by atoms with Gasteiger partial charge in [0.2, 0.25) is 0 Å². The molecular formula is C17H20O3S. The lowest BCUT2D eigenvalue weighted by Crippen LogP contribution is -2.49. The number of carbonyl (C=O) groups excluding carboxylic acids is 2. The van der Waals surface area contributed by atoms with Crippen molar-refractivity contribution in [1.82, 2.24) is 0 Å². The zero-order chi connectivity index (χ0) is 15.4. The molecule has 1 fully saturated rings. The molecule has 3 rings (SSSR count). The van der Waals surface area contributed by atoms with E-state index in [1.54, 1.807) is 18.7 Å². The summed E-state index contributed by atoms with van der Waals surface area (Å²) >= 11 is 1.57. The normalized spacial score (nSPS) is 29.9. The highest BCUT2D eigenvalue weighted by molar-refractivity contribution is 8.00. The largest absolute Gasteiger partial charge is 0.381 e. The predicted octanol–water partition coefficient (Wildman–Crippen LogP) is 2.61. The van der Waals surface area contributed by atoms with Crippen LogP contribution in [0.1, 0.15) is 33.6 Å². The smallest absolute Gasteiger partial charge is 0.195 e. The number of fused-ring (bicyclic) bond motifs is 1. The van der Waals surface area contributed by atoms with Crippen LogP contribution in [0.25, 0.3) is 0 Å². The van der Waals surface area contributed by atoms with Gasteiger partial charge in [0.15, 0.2) is 5.78 Å². The molecule has 0 bridgehead atoms. The Bertz CT molecular complexity index is 630. The first-order valence-corrected chi connectivity index (χ1v) is 8.44. The molecular weight excluding hydrogens is 284 g/mol. The van der Waals surface area contributed by atoms with Crippen LogP contribution in [0.15, 0.2) is 33.9 Å². The van der Waals surface area contributed by atoms with Crippen LogP contribution in [0, 0.1) is 5.41 Å². The van der Waals surface area contributed by atoms with Gasteiger partial charge >= 0.3 is 0 Å². The molecule has 0 radical (unpaired) electrons. The van der Waals surface area contributed by atoms with Gasteiger partial charge in [0.05, 0.1) is 0 Å². The molecule has 3 nitrogen and oxygen atoms in total. The second kappa shape index (κ2) is 4.68. The Kier molecular flexibility index (Phi) is 3.30. The minimum Gasteiger partial charge on any atom is -0.381 e. The number of Topliss-reactive ketones (excluding diaryl/α,β-unsaturated/α-hetero) is 1. The van der Waals surface area contributed by atoms with E-state index in [9.17, 15) is 14.7 Å². The van der Waals surface area contributed by atoms with Gasteiger partial charge in [-0.2, -0.15) is 0 Å². The van der Waals surface area contributed by atoms with Crippen LogP contribution in [0.3, 0.4) is 0 Å². The molecule has 0 unspecified atom stereocenters. The van der Waals surface area contributed by atoms with E-state index in [0.717, 1.165) is 47.2 Å². The van der Waals surface area contributed by atoms with E-state index < -0.39 is 5.60 Å². The standard InChI is InChI=1S/C17H20O3S/c1-10-8-12-14(13(10)9-21-7-6-18)11(2)17(4-5-17)16(3,20)15(12)19/h6,8,20H,4-5,7,9H2,1-3H3/t16-/m0/s1. The number of allylic oxidation sites excluding steroid dienone is 3. The third-order valence-electron chi connectivity index (χ3n) is 5.30. The maximum Gasteiger partial charge on any atom is 0.195 e. The van der Waals surface area contributed by atoms with Gasteiger partial charge in [-0.3, -0.25) is 4.79 Å². The molecule has 1 saturated carbocycles. The molecule has 3 aliphatic rings. The number of aliphatic hydroxyl groups is 1. The lowest BCUT2D eigenvalue weighted by Gasteiger charge is -2.39. The summed E-state index contributed by atoms with van der Waals surface area (Å²) in [6.45, 7) is 5.72. The lowest BCUT2D eigenvalue weighted by molar-refractivity contribution is -0.137. The first-order chi connectivity index (χ1) is 9.87. The maximum absolute atomic E-state index is 12.7. The van der Waals surface area contributed by atoms with Crippen LogP contribution >= 0.6 is 11.8 Å². The monoisotopic (exact) mass is 304 g/mol. The summed E-state index contributed by atoms with van der Waals surface area (Å²) in [6.07, 6.45) is 4.57. The number of hydrogen-bond donors (Lipinski definition) is 1. The van der Waals surface area contributed by atoms with Crippen molar-refractivity contribution in [2.75, 3.05) is 11.5 Å². The second-order valence-corrected chi connectivity index (χ2v) is 7.42.